The predicted octanol–water partition coefficient (Wildman–Crippen LogP) is 3.46. The normalized spacial score (nSPS) is 10.1. The van der Waals surface area contributed by atoms with Gasteiger partial charge in [-0.25, -0.2) is 4.39 Å². The second-order valence-electron chi connectivity index (χ2n) is 4.39. The van der Waals surface area contributed by atoms with E-state index in [1.54, 1.807) is 38.5 Å². The lowest BCUT2D eigenvalue weighted by atomic mass is 10.2. The summed E-state index contributed by atoms with van der Waals surface area (Å²) in [6.07, 6.45) is 0. The number of nitrogens with one attached hydrogen (secondary N) is 1. The van der Waals surface area contributed by atoms with Crippen LogP contribution in [0, 0.1) is 5.82 Å². The molecule has 1 N–H and O–H groups in total. The molecular weight excluding hydrogens is 273 g/mol. The molecule has 2 rings (SSSR count). The van der Waals surface area contributed by atoms with E-state index in [0.717, 1.165) is 5.69 Å². The number of hydrogen-bond donors (Lipinski definition) is 1. The summed E-state index contributed by atoms with van der Waals surface area (Å²) >= 11 is 0. The maximum atomic E-state index is 14.1. The first-order valence-corrected chi connectivity index (χ1v) is 6.46. The standard InChI is InChI=1S/C16H18FNO3/c1-19-13-7-12(8-14(9-13)20-2)18-10-11-5-4-6-15(21-3)16(11)17/h4-9,18H,10H2,1-3H3. The Morgan fingerprint density at radius 2 is 1.62 bits per heavy atom. The lowest BCUT2D eigenvalue weighted by Crippen LogP contribution is -2.03. The molecule has 0 fully saturated rings. The van der Waals surface area contributed by atoms with Gasteiger partial charge in [0.15, 0.2) is 11.6 Å². The molecule has 2 aromatic carbocycles. The van der Waals surface area contributed by atoms with Crippen LogP contribution >= 0.6 is 0 Å². The molecule has 0 aromatic heterocycles. The van der Waals surface area contributed by atoms with Crippen molar-refractivity contribution in [2.24, 2.45) is 0 Å². The first kappa shape index (κ1) is 15.0. The molecule has 0 aliphatic carbocycles. The van der Waals surface area contributed by atoms with Gasteiger partial charge in [0.05, 0.1) is 21.3 Å². The minimum Gasteiger partial charge on any atom is -0.497 e. The van der Waals surface area contributed by atoms with Crippen LogP contribution in [0.25, 0.3) is 0 Å². The van der Waals surface area contributed by atoms with Crippen LogP contribution in [-0.2, 0) is 6.54 Å². The lowest BCUT2D eigenvalue weighted by molar-refractivity contribution is 0.384. The maximum Gasteiger partial charge on any atom is 0.170 e. The third-order valence-electron chi connectivity index (χ3n) is 3.10. The van der Waals surface area contributed by atoms with Crippen LogP contribution in [0.1, 0.15) is 5.56 Å². The minimum absolute atomic E-state index is 0.234. The van der Waals surface area contributed by atoms with E-state index in [1.807, 2.05) is 12.1 Å². The van der Waals surface area contributed by atoms with E-state index in [9.17, 15) is 4.39 Å². The number of anilines is 1. The van der Waals surface area contributed by atoms with Gasteiger partial charge in [-0.1, -0.05) is 12.1 Å². The highest BCUT2D eigenvalue weighted by Crippen LogP contribution is 2.27. The summed E-state index contributed by atoms with van der Waals surface area (Å²) in [5.41, 5.74) is 1.31. The van der Waals surface area contributed by atoms with Crippen molar-refractivity contribution < 1.29 is 18.6 Å². The predicted molar refractivity (Wildman–Crippen MR) is 79.8 cm³/mol. The molecule has 0 atom stereocenters. The summed E-state index contributed by atoms with van der Waals surface area (Å²) in [7, 11) is 4.61. The molecule has 0 radical (unpaired) electrons. The van der Waals surface area contributed by atoms with Crippen LogP contribution in [0.2, 0.25) is 0 Å². The van der Waals surface area contributed by atoms with Crippen LogP contribution in [0.15, 0.2) is 36.4 Å². The molecule has 21 heavy (non-hydrogen) atoms. The highest BCUT2D eigenvalue weighted by molar-refractivity contribution is 5.54. The van der Waals surface area contributed by atoms with E-state index >= 15 is 0 Å². The van der Waals surface area contributed by atoms with Gasteiger partial charge in [0, 0.05) is 36.0 Å². The molecule has 112 valence electrons. The third kappa shape index (κ3) is 3.56. The number of hydrogen-bond acceptors (Lipinski definition) is 4. The van der Waals surface area contributed by atoms with Crippen LogP contribution < -0.4 is 19.5 Å². The van der Waals surface area contributed by atoms with Crippen molar-refractivity contribution in [1.82, 2.24) is 0 Å². The van der Waals surface area contributed by atoms with Gasteiger partial charge in [-0.15, -0.1) is 0 Å². The van der Waals surface area contributed by atoms with Gasteiger partial charge in [0.1, 0.15) is 11.5 Å². The van der Waals surface area contributed by atoms with Crippen LogP contribution in [0.3, 0.4) is 0 Å². The van der Waals surface area contributed by atoms with E-state index in [2.05, 4.69) is 5.32 Å². The molecule has 0 unspecified atom stereocenters. The lowest BCUT2D eigenvalue weighted by Gasteiger charge is -2.12. The molecule has 0 spiro atoms. The molecule has 2 aromatic rings. The molecule has 0 saturated heterocycles. The summed E-state index contributed by atoms with van der Waals surface area (Å²) < 4.78 is 29.4. The van der Waals surface area contributed by atoms with E-state index < -0.39 is 0 Å². The van der Waals surface area contributed by atoms with Crippen molar-refractivity contribution >= 4 is 5.69 Å². The van der Waals surface area contributed by atoms with Crippen molar-refractivity contribution in [3.05, 3.63) is 47.8 Å². The molecule has 0 bridgehead atoms. The molecule has 4 nitrogen and oxygen atoms in total. The monoisotopic (exact) mass is 291 g/mol. The highest BCUT2D eigenvalue weighted by atomic mass is 19.1. The molecule has 0 aliphatic heterocycles. The van der Waals surface area contributed by atoms with Gasteiger partial charge in [-0.05, 0) is 6.07 Å². The summed E-state index contributed by atoms with van der Waals surface area (Å²) in [4.78, 5) is 0. The SMILES string of the molecule is COc1cc(NCc2cccc(OC)c2F)cc(OC)c1. The summed E-state index contributed by atoms with van der Waals surface area (Å²) in [5, 5.41) is 3.15. The fourth-order valence-electron chi connectivity index (χ4n) is 1.96. The Bertz CT molecular complexity index is 594. The smallest absolute Gasteiger partial charge is 0.170 e. The molecular formula is C16H18FNO3. The van der Waals surface area contributed by atoms with Gasteiger partial charge in [-0.2, -0.15) is 0 Å². The fraction of sp³-hybridized carbons (Fsp3) is 0.250. The van der Waals surface area contributed by atoms with E-state index in [-0.39, 0.29) is 11.6 Å². The van der Waals surface area contributed by atoms with Gasteiger partial charge in [-0.3, -0.25) is 0 Å². The zero-order chi connectivity index (χ0) is 15.2. The van der Waals surface area contributed by atoms with E-state index in [1.165, 1.54) is 7.11 Å². The van der Waals surface area contributed by atoms with Crippen molar-refractivity contribution in [3.8, 4) is 17.2 Å². The van der Waals surface area contributed by atoms with Gasteiger partial charge in [0.2, 0.25) is 0 Å². The Hall–Kier alpha value is -2.43. The Balaban J connectivity index is 2.16. The number of methoxy groups -OCH3 is 3. The van der Waals surface area contributed by atoms with E-state index in [0.29, 0.717) is 23.6 Å². The molecule has 0 aliphatic rings. The van der Waals surface area contributed by atoms with Crippen LogP contribution in [0.5, 0.6) is 17.2 Å². The van der Waals surface area contributed by atoms with E-state index in [4.69, 9.17) is 14.2 Å². The Morgan fingerprint density at radius 3 is 2.19 bits per heavy atom. The first-order valence-electron chi connectivity index (χ1n) is 6.46. The summed E-state index contributed by atoms with van der Waals surface area (Å²) in [6, 6.07) is 10.5. The zero-order valence-corrected chi connectivity index (χ0v) is 12.3. The second kappa shape index (κ2) is 6.83. The maximum absolute atomic E-state index is 14.1. The topological polar surface area (TPSA) is 39.7 Å². The molecule has 0 amide bonds. The average Bonchev–Trinajstić information content (AvgIpc) is 2.53. The average molecular weight is 291 g/mol. The largest absolute Gasteiger partial charge is 0.497 e. The second-order valence-corrected chi connectivity index (χ2v) is 4.39. The third-order valence-corrected chi connectivity index (χ3v) is 3.10. The highest BCUT2D eigenvalue weighted by Gasteiger charge is 2.08. The Morgan fingerprint density at radius 1 is 0.952 bits per heavy atom. The van der Waals surface area contributed by atoms with Crippen molar-refractivity contribution in [3.63, 3.8) is 0 Å². The first-order chi connectivity index (χ1) is 10.2. The number of halogens is 1. The van der Waals surface area contributed by atoms with Gasteiger partial charge >= 0.3 is 0 Å². The Kier molecular flexibility index (Phi) is 4.87. The molecule has 5 heteroatoms. The fourth-order valence-corrected chi connectivity index (χ4v) is 1.96. The zero-order valence-electron chi connectivity index (χ0n) is 12.3. The van der Waals surface area contributed by atoms with Crippen molar-refractivity contribution in [2.45, 2.75) is 6.54 Å². The number of benzene rings is 2. The Labute approximate surface area is 123 Å². The molecule has 0 heterocycles. The van der Waals surface area contributed by atoms with Crippen molar-refractivity contribution in [2.75, 3.05) is 26.6 Å². The quantitative estimate of drug-likeness (QED) is 0.884. The van der Waals surface area contributed by atoms with Crippen molar-refractivity contribution in [1.29, 1.82) is 0 Å². The van der Waals surface area contributed by atoms with Crippen LogP contribution in [-0.4, -0.2) is 21.3 Å². The number of rotatable bonds is 6. The summed E-state index contributed by atoms with van der Waals surface area (Å²) in [5.74, 6) is 1.21. The molecule has 0 saturated carbocycles. The van der Waals surface area contributed by atoms with Crippen LogP contribution in [0.4, 0.5) is 10.1 Å². The van der Waals surface area contributed by atoms with Gasteiger partial charge < -0.3 is 19.5 Å². The number of ether oxygens (including phenoxy) is 3. The minimum atomic E-state index is -0.359. The summed E-state index contributed by atoms with van der Waals surface area (Å²) in [6.45, 7) is 0.333. The van der Waals surface area contributed by atoms with Gasteiger partial charge in [0.25, 0.3) is 0 Å².